The van der Waals surface area contributed by atoms with E-state index in [1.807, 2.05) is 19.1 Å². The molecular weight excluding hydrogens is 188 g/mol. The van der Waals surface area contributed by atoms with E-state index in [4.69, 9.17) is 0 Å². The monoisotopic (exact) mass is 204 g/mol. The van der Waals surface area contributed by atoms with Crippen LogP contribution in [-0.2, 0) is 0 Å². The fourth-order valence-electron chi connectivity index (χ4n) is 1.66. The average Bonchev–Trinajstić information content (AvgIpc) is 3.00. The first-order valence-electron chi connectivity index (χ1n) is 5.41. The molecule has 0 saturated heterocycles. The zero-order chi connectivity index (χ0) is 10.8. The van der Waals surface area contributed by atoms with E-state index in [1.54, 1.807) is 6.07 Å². The van der Waals surface area contributed by atoms with Gasteiger partial charge in [0, 0.05) is 11.7 Å². The van der Waals surface area contributed by atoms with Gasteiger partial charge in [0.25, 0.3) is 5.91 Å². The Morgan fingerprint density at radius 2 is 2.27 bits per heavy atom. The van der Waals surface area contributed by atoms with Crippen molar-refractivity contribution in [3.63, 3.8) is 0 Å². The van der Waals surface area contributed by atoms with Crippen molar-refractivity contribution >= 4 is 5.91 Å². The second-order valence-corrected chi connectivity index (χ2v) is 4.26. The number of carbonyl (C=O) groups excluding carboxylic acids is 1. The molecule has 1 atom stereocenters. The standard InChI is InChI=1S/C12H16N2O/c1-8-4-3-5-11(13-8)12(15)14-9(2)10-6-7-10/h3-5,9-10H,6-7H2,1-2H3,(H,14,15). The predicted octanol–water partition coefficient (Wildman–Crippen LogP) is 1.92. The normalized spacial score (nSPS) is 17.2. The van der Waals surface area contributed by atoms with Crippen molar-refractivity contribution in [2.24, 2.45) is 5.92 Å². The summed E-state index contributed by atoms with van der Waals surface area (Å²) >= 11 is 0. The van der Waals surface area contributed by atoms with Gasteiger partial charge in [-0.1, -0.05) is 6.07 Å². The van der Waals surface area contributed by atoms with Crippen LogP contribution in [0.1, 0.15) is 35.9 Å². The van der Waals surface area contributed by atoms with Crippen molar-refractivity contribution in [3.05, 3.63) is 29.6 Å². The van der Waals surface area contributed by atoms with Gasteiger partial charge in [0.05, 0.1) is 0 Å². The van der Waals surface area contributed by atoms with Crippen LogP contribution >= 0.6 is 0 Å². The maximum Gasteiger partial charge on any atom is 0.270 e. The Labute approximate surface area is 89.9 Å². The quantitative estimate of drug-likeness (QED) is 0.817. The number of hydrogen-bond acceptors (Lipinski definition) is 2. The van der Waals surface area contributed by atoms with Gasteiger partial charge < -0.3 is 5.32 Å². The smallest absolute Gasteiger partial charge is 0.270 e. The highest BCUT2D eigenvalue weighted by Crippen LogP contribution is 2.32. The average molecular weight is 204 g/mol. The number of hydrogen-bond donors (Lipinski definition) is 1. The number of nitrogens with one attached hydrogen (secondary N) is 1. The molecule has 1 saturated carbocycles. The molecule has 1 amide bonds. The molecule has 1 aromatic rings. The summed E-state index contributed by atoms with van der Waals surface area (Å²) in [5, 5.41) is 2.98. The summed E-state index contributed by atoms with van der Waals surface area (Å²) in [6.07, 6.45) is 2.48. The highest BCUT2D eigenvalue weighted by molar-refractivity contribution is 5.92. The van der Waals surface area contributed by atoms with Crippen LogP contribution in [-0.4, -0.2) is 16.9 Å². The first-order chi connectivity index (χ1) is 7.16. The maximum absolute atomic E-state index is 11.8. The van der Waals surface area contributed by atoms with E-state index in [0.29, 0.717) is 11.6 Å². The fourth-order valence-corrected chi connectivity index (χ4v) is 1.66. The van der Waals surface area contributed by atoms with Crippen molar-refractivity contribution in [2.75, 3.05) is 0 Å². The molecule has 0 aliphatic heterocycles. The van der Waals surface area contributed by atoms with Crippen LogP contribution < -0.4 is 5.32 Å². The van der Waals surface area contributed by atoms with Gasteiger partial charge in [-0.05, 0) is 44.7 Å². The second-order valence-electron chi connectivity index (χ2n) is 4.26. The summed E-state index contributed by atoms with van der Waals surface area (Å²) in [6.45, 7) is 3.95. The van der Waals surface area contributed by atoms with Crippen LogP contribution in [0.25, 0.3) is 0 Å². The molecule has 3 heteroatoms. The van der Waals surface area contributed by atoms with Gasteiger partial charge in [0.15, 0.2) is 0 Å². The largest absolute Gasteiger partial charge is 0.348 e. The Balaban J connectivity index is 2.00. The Kier molecular flexibility index (Phi) is 2.71. The third kappa shape index (κ3) is 2.55. The third-order valence-electron chi connectivity index (χ3n) is 2.81. The Bertz CT molecular complexity index is 372. The minimum Gasteiger partial charge on any atom is -0.348 e. The van der Waals surface area contributed by atoms with Crippen molar-refractivity contribution in [1.29, 1.82) is 0 Å². The van der Waals surface area contributed by atoms with Gasteiger partial charge >= 0.3 is 0 Å². The lowest BCUT2D eigenvalue weighted by Gasteiger charge is -2.12. The first kappa shape index (κ1) is 10.1. The molecule has 80 valence electrons. The Morgan fingerprint density at radius 1 is 1.53 bits per heavy atom. The summed E-state index contributed by atoms with van der Waals surface area (Å²) in [5.41, 5.74) is 1.39. The lowest BCUT2D eigenvalue weighted by atomic mass is 10.2. The van der Waals surface area contributed by atoms with Gasteiger partial charge in [0.1, 0.15) is 5.69 Å². The van der Waals surface area contributed by atoms with Gasteiger partial charge in [-0.2, -0.15) is 0 Å². The topological polar surface area (TPSA) is 42.0 Å². The van der Waals surface area contributed by atoms with Gasteiger partial charge in [0.2, 0.25) is 0 Å². The van der Waals surface area contributed by atoms with Crippen LogP contribution in [0, 0.1) is 12.8 Å². The van der Waals surface area contributed by atoms with E-state index >= 15 is 0 Å². The Morgan fingerprint density at radius 3 is 2.87 bits per heavy atom. The molecule has 0 radical (unpaired) electrons. The number of aryl methyl sites for hydroxylation is 1. The first-order valence-corrected chi connectivity index (χ1v) is 5.41. The molecule has 1 aliphatic carbocycles. The molecule has 0 bridgehead atoms. The number of aromatic nitrogens is 1. The van der Waals surface area contributed by atoms with E-state index in [0.717, 1.165) is 5.69 Å². The third-order valence-corrected chi connectivity index (χ3v) is 2.81. The molecule has 1 heterocycles. The summed E-state index contributed by atoms with van der Waals surface area (Å²) in [5.74, 6) is 0.622. The highest BCUT2D eigenvalue weighted by atomic mass is 16.1. The van der Waals surface area contributed by atoms with Crippen LogP contribution in [0.3, 0.4) is 0 Å². The summed E-state index contributed by atoms with van der Waals surface area (Å²) in [7, 11) is 0. The Hall–Kier alpha value is -1.38. The SMILES string of the molecule is Cc1cccc(C(=O)NC(C)C2CC2)n1. The lowest BCUT2D eigenvalue weighted by Crippen LogP contribution is -2.34. The van der Waals surface area contributed by atoms with Crippen LogP contribution in [0.2, 0.25) is 0 Å². The van der Waals surface area contributed by atoms with Crippen molar-refractivity contribution in [1.82, 2.24) is 10.3 Å². The van der Waals surface area contributed by atoms with E-state index in [1.165, 1.54) is 12.8 Å². The number of carbonyl (C=O) groups is 1. The molecule has 1 aromatic heterocycles. The minimum absolute atomic E-state index is 0.0573. The van der Waals surface area contributed by atoms with Gasteiger partial charge in [-0.15, -0.1) is 0 Å². The van der Waals surface area contributed by atoms with Crippen molar-refractivity contribution in [2.45, 2.75) is 32.7 Å². The number of rotatable bonds is 3. The van der Waals surface area contributed by atoms with Crippen molar-refractivity contribution < 1.29 is 4.79 Å². The van der Waals surface area contributed by atoms with Gasteiger partial charge in [-0.25, -0.2) is 4.98 Å². The van der Waals surface area contributed by atoms with Crippen molar-refractivity contribution in [3.8, 4) is 0 Å². The van der Waals surface area contributed by atoms with Crippen LogP contribution in [0.15, 0.2) is 18.2 Å². The maximum atomic E-state index is 11.8. The van der Waals surface area contributed by atoms with Crippen LogP contribution in [0.4, 0.5) is 0 Å². The summed E-state index contributed by atoms with van der Waals surface area (Å²) < 4.78 is 0. The number of nitrogens with zero attached hydrogens (tertiary/aromatic N) is 1. The van der Waals surface area contributed by atoms with Crippen LogP contribution in [0.5, 0.6) is 0 Å². The van der Waals surface area contributed by atoms with Gasteiger partial charge in [-0.3, -0.25) is 4.79 Å². The second kappa shape index (κ2) is 4.01. The minimum atomic E-state index is -0.0573. The molecule has 2 rings (SSSR count). The molecule has 1 aliphatic rings. The fraction of sp³-hybridized carbons (Fsp3) is 0.500. The van der Waals surface area contributed by atoms with E-state index in [2.05, 4.69) is 17.2 Å². The van der Waals surface area contributed by atoms with E-state index in [9.17, 15) is 4.79 Å². The molecule has 0 aromatic carbocycles. The molecular formula is C12H16N2O. The highest BCUT2D eigenvalue weighted by Gasteiger charge is 2.29. The molecule has 1 fully saturated rings. The number of pyridine rings is 1. The molecule has 0 spiro atoms. The summed E-state index contributed by atoms with van der Waals surface area (Å²) in [6, 6.07) is 5.78. The molecule has 1 unspecified atom stereocenters. The summed E-state index contributed by atoms with van der Waals surface area (Å²) in [4.78, 5) is 16.0. The lowest BCUT2D eigenvalue weighted by molar-refractivity contribution is 0.0930. The zero-order valence-electron chi connectivity index (χ0n) is 9.16. The predicted molar refractivity (Wildman–Crippen MR) is 58.6 cm³/mol. The molecule has 15 heavy (non-hydrogen) atoms. The van der Waals surface area contributed by atoms with E-state index < -0.39 is 0 Å². The number of amides is 1. The molecule has 1 N–H and O–H groups in total. The zero-order valence-corrected chi connectivity index (χ0v) is 9.16. The van der Waals surface area contributed by atoms with E-state index in [-0.39, 0.29) is 11.9 Å². The molecule has 3 nitrogen and oxygen atoms in total.